The van der Waals surface area contributed by atoms with Gasteiger partial charge in [0.25, 0.3) is 10.1 Å². The zero-order valence-corrected chi connectivity index (χ0v) is 17.4. The Hall–Kier alpha value is -2.48. The minimum Gasteiger partial charge on any atom is -0.495 e. The maximum atomic E-state index is 10.8. The molecule has 0 aliphatic rings. The lowest BCUT2D eigenvalue weighted by atomic mass is 10.2. The quantitative estimate of drug-likeness (QED) is 0.155. The molecule has 3 rings (SSSR count). The van der Waals surface area contributed by atoms with Crippen LogP contribution in [-0.4, -0.2) is 36.1 Å². The molecule has 10 nitrogen and oxygen atoms in total. The molecule has 0 fully saturated rings. The van der Waals surface area contributed by atoms with E-state index in [1.165, 1.54) is 7.11 Å². The van der Waals surface area contributed by atoms with Gasteiger partial charge in [-0.1, -0.05) is 5.04 Å². The van der Waals surface area contributed by atoms with Gasteiger partial charge in [-0.3, -0.25) is 4.55 Å². The first-order valence-corrected chi connectivity index (χ1v) is 11.0. The number of pyridine rings is 1. The largest absolute Gasteiger partial charge is 0.495 e. The number of rotatable bonds is 10. The van der Waals surface area contributed by atoms with Crippen molar-refractivity contribution in [1.82, 2.24) is 4.98 Å². The summed E-state index contributed by atoms with van der Waals surface area (Å²) >= 11 is 0.770. The molecule has 0 atom stereocenters. The fourth-order valence-electron chi connectivity index (χ4n) is 2.67. The van der Waals surface area contributed by atoms with Gasteiger partial charge in [0.1, 0.15) is 12.3 Å². The summed E-state index contributed by atoms with van der Waals surface area (Å²) in [6, 6.07) is 8.83. The predicted octanol–water partition coefficient (Wildman–Crippen LogP) is 3.01. The number of oxazole rings is 1. The first-order valence-electron chi connectivity index (χ1n) is 8.63. The highest BCUT2D eigenvalue weighted by Crippen LogP contribution is 2.35. The van der Waals surface area contributed by atoms with Crippen LogP contribution in [0.2, 0.25) is 0 Å². The summed E-state index contributed by atoms with van der Waals surface area (Å²) in [4.78, 5) is 4.85. The average Bonchev–Trinajstić information content (AvgIpc) is 3.22. The highest BCUT2D eigenvalue weighted by atomic mass is 32.2. The van der Waals surface area contributed by atoms with E-state index in [2.05, 4.69) is 14.4 Å². The normalized spacial score (nSPS) is 11.6. The van der Waals surface area contributed by atoms with Gasteiger partial charge in [0.05, 0.1) is 36.0 Å². The lowest BCUT2D eigenvalue weighted by Gasteiger charge is -2.07. The molecule has 0 aliphatic carbocycles. The lowest BCUT2D eigenvalue weighted by molar-refractivity contribution is -0.696. The van der Waals surface area contributed by atoms with Crippen molar-refractivity contribution in [2.45, 2.75) is 17.9 Å². The van der Waals surface area contributed by atoms with Crippen LogP contribution in [0.25, 0.3) is 22.8 Å². The third-order valence-electron chi connectivity index (χ3n) is 4.06. The molecular formula is C18H19N2O8S2+. The first-order chi connectivity index (χ1) is 14.4. The molecule has 0 radical (unpaired) electrons. The zero-order chi connectivity index (χ0) is 21.6. The second kappa shape index (κ2) is 10.0. The Morgan fingerprint density at radius 2 is 1.97 bits per heavy atom. The van der Waals surface area contributed by atoms with Crippen LogP contribution in [-0.2, 0) is 26.0 Å². The molecule has 2 aromatic heterocycles. The summed E-state index contributed by atoms with van der Waals surface area (Å²) in [5.41, 5.74) is 1.46. The molecule has 0 bridgehead atoms. The summed E-state index contributed by atoms with van der Waals surface area (Å²) in [6.45, 7) is 0.452. The minimum absolute atomic E-state index is 0.287. The number of nitrogens with zero attached hydrogens (tertiary/aromatic N) is 2. The second-order valence-corrected chi connectivity index (χ2v) is 8.40. The molecule has 30 heavy (non-hydrogen) atoms. The number of benzene rings is 1. The molecule has 1 aromatic carbocycles. The van der Waals surface area contributed by atoms with E-state index in [1.54, 1.807) is 36.8 Å². The molecule has 0 amide bonds. The Kier molecular flexibility index (Phi) is 7.42. The summed E-state index contributed by atoms with van der Waals surface area (Å²) in [5.74, 6) is 1.17. The molecular weight excluding hydrogens is 436 g/mol. The van der Waals surface area contributed by atoms with Gasteiger partial charge in [0.15, 0.2) is 18.2 Å². The van der Waals surface area contributed by atoms with Crippen LogP contribution in [0.3, 0.4) is 0 Å². The molecule has 12 heteroatoms. The average molecular weight is 455 g/mol. The van der Waals surface area contributed by atoms with Crippen molar-refractivity contribution in [2.24, 2.45) is 0 Å². The number of methoxy groups -OCH3 is 1. The Morgan fingerprint density at radius 3 is 2.63 bits per heavy atom. The molecule has 2 heterocycles. The van der Waals surface area contributed by atoms with Crippen molar-refractivity contribution in [3.63, 3.8) is 0 Å². The SMILES string of the molecule is COc1ccc(-c2ncc(-c3cc[n+](CCCS(=O)(=O)O)cc3)o2)cc1SOOO. The predicted molar refractivity (Wildman–Crippen MR) is 106 cm³/mol. The van der Waals surface area contributed by atoms with E-state index in [9.17, 15) is 8.42 Å². The topological polar surface area (TPSA) is 132 Å². The van der Waals surface area contributed by atoms with Crippen molar-refractivity contribution in [1.29, 1.82) is 0 Å². The van der Waals surface area contributed by atoms with Gasteiger partial charge in [-0.25, -0.2) is 14.8 Å². The third-order valence-corrected chi connectivity index (χ3v) is 5.50. The van der Waals surface area contributed by atoms with Gasteiger partial charge in [-0.15, -0.1) is 4.33 Å². The molecule has 3 aromatic rings. The summed E-state index contributed by atoms with van der Waals surface area (Å²) in [6.07, 6.45) is 5.47. The van der Waals surface area contributed by atoms with Crippen molar-refractivity contribution < 1.29 is 41.3 Å². The van der Waals surface area contributed by atoms with Crippen molar-refractivity contribution in [2.75, 3.05) is 12.9 Å². The Labute approximate surface area is 176 Å². The molecule has 160 valence electrons. The second-order valence-electron chi connectivity index (χ2n) is 6.09. The van der Waals surface area contributed by atoms with Gasteiger partial charge >= 0.3 is 0 Å². The van der Waals surface area contributed by atoms with E-state index in [0.717, 1.165) is 17.6 Å². The van der Waals surface area contributed by atoms with Gasteiger partial charge in [0, 0.05) is 29.7 Å². The number of aromatic nitrogens is 2. The molecule has 0 saturated carbocycles. The Balaban J connectivity index is 1.73. The Bertz CT molecular complexity index is 1080. The van der Waals surface area contributed by atoms with Gasteiger partial charge < -0.3 is 9.15 Å². The standard InChI is InChI=1S/C18H18N2O8S2/c1-25-15-4-3-14(11-17(15)29-28-27-21)18-19-12-16(26-18)13-5-8-20(9-6-13)7-2-10-30(22,23)24/h3-6,8-9,11-12H,2,7,10H2,1H3,(H-,21,22,23,24)/p+1. The molecule has 0 spiro atoms. The van der Waals surface area contributed by atoms with Crippen LogP contribution in [0.1, 0.15) is 6.42 Å². The van der Waals surface area contributed by atoms with Gasteiger partial charge in [0.2, 0.25) is 5.89 Å². The third kappa shape index (κ3) is 6.01. The first kappa shape index (κ1) is 22.2. The maximum Gasteiger partial charge on any atom is 0.265 e. The smallest absolute Gasteiger partial charge is 0.265 e. The number of hydrogen-bond donors (Lipinski definition) is 2. The van der Waals surface area contributed by atoms with E-state index in [1.807, 2.05) is 16.7 Å². The van der Waals surface area contributed by atoms with Crippen LogP contribution >= 0.6 is 12.0 Å². The van der Waals surface area contributed by atoms with E-state index in [4.69, 9.17) is 19.0 Å². The highest BCUT2D eigenvalue weighted by molar-refractivity contribution is 7.94. The van der Waals surface area contributed by atoms with Crippen LogP contribution in [0.15, 0.2) is 58.2 Å². The van der Waals surface area contributed by atoms with E-state index in [-0.39, 0.29) is 5.75 Å². The minimum atomic E-state index is -3.96. The molecule has 2 N–H and O–H groups in total. The molecule has 0 saturated heterocycles. The van der Waals surface area contributed by atoms with Gasteiger partial charge in [-0.05, 0) is 18.2 Å². The van der Waals surface area contributed by atoms with Crippen LogP contribution < -0.4 is 9.30 Å². The van der Waals surface area contributed by atoms with Crippen molar-refractivity contribution in [3.05, 3.63) is 48.9 Å². The monoisotopic (exact) mass is 455 g/mol. The van der Waals surface area contributed by atoms with Crippen LogP contribution in [0.4, 0.5) is 0 Å². The maximum absolute atomic E-state index is 10.8. The summed E-state index contributed by atoms with van der Waals surface area (Å²) in [5, 5.41) is 12.0. The molecule has 0 unspecified atom stereocenters. The fraction of sp³-hybridized carbons (Fsp3) is 0.222. The fourth-order valence-corrected chi connectivity index (χ4v) is 3.67. The van der Waals surface area contributed by atoms with Crippen molar-refractivity contribution >= 4 is 22.2 Å². The highest BCUT2D eigenvalue weighted by Gasteiger charge is 2.14. The van der Waals surface area contributed by atoms with E-state index >= 15 is 0 Å². The summed E-state index contributed by atoms with van der Waals surface area (Å²) in [7, 11) is -2.45. The molecule has 0 aliphatic heterocycles. The van der Waals surface area contributed by atoms with Crippen LogP contribution in [0, 0.1) is 0 Å². The zero-order valence-electron chi connectivity index (χ0n) is 15.8. The van der Waals surface area contributed by atoms with Gasteiger partial charge in [-0.2, -0.15) is 8.42 Å². The lowest BCUT2D eigenvalue weighted by Crippen LogP contribution is -2.33. The number of aryl methyl sites for hydroxylation is 1. The van der Waals surface area contributed by atoms with Crippen molar-refractivity contribution in [3.8, 4) is 28.5 Å². The van der Waals surface area contributed by atoms with Crippen LogP contribution in [0.5, 0.6) is 5.75 Å². The summed E-state index contributed by atoms with van der Waals surface area (Å²) < 4.78 is 47.7. The number of hydrogen-bond acceptors (Lipinski definition) is 9. The van der Waals surface area contributed by atoms with E-state index in [0.29, 0.717) is 40.8 Å². The Morgan fingerprint density at radius 1 is 1.20 bits per heavy atom. The number of ether oxygens (including phenoxy) is 1. The van der Waals surface area contributed by atoms with E-state index < -0.39 is 10.1 Å².